The molecular weight excluding hydrogens is 375 g/mol. The molecule has 6 nitrogen and oxygen atoms in total. The van der Waals surface area contributed by atoms with Crippen molar-refractivity contribution in [3.05, 3.63) is 52.9 Å². The van der Waals surface area contributed by atoms with Gasteiger partial charge in [-0.05, 0) is 29.2 Å². The first-order valence-electron chi connectivity index (χ1n) is 7.62. The Bertz CT molecular complexity index is 788. The fraction of sp³-hybridized carbons (Fsp3) is 0.222. The van der Waals surface area contributed by atoms with E-state index in [1.807, 2.05) is 23.6 Å². The van der Waals surface area contributed by atoms with Crippen LogP contribution in [0.3, 0.4) is 0 Å². The molecule has 2 N–H and O–H groups in total. The Kier molecular flexibility index (Phi) is 7.17. The maximum absolute atomic E-state index is 11.2. The summed E-state index contributed by atoms with van der Waals surface area (Å²) in [5.74, 6) is 2.67. The van der Waals surface area contributed by atoms with Crippen molar-refractivity contribution in [3.8, 4) is 17.2 Å². The van der Waals surface area contributed by atoms with Crippen LogP contribution in [-0.4, -0.2) is 31.1 Å². The Morgan fingerprint density at radius 1 is 1.00 bits per heavy atom. The molecule has 0 spiro atoms. The van der Waals surface area contributed by atoms with Gasteiger partial charge in [-0.15, -0.1) is 11.8 Å². The third kappa shape index (κ3) is 5.29. The number of ether oxygens (including phenoxy) is 3. The zero-order chi connectivity index (χ0) is 19.2. The summed E-state index contributed by atoms with van der Waals surface area (Å²) >= 11 is 1.55. The number of benzene rings is 2. The fourth-order valence-electron chi connectivity index (χ4n) is 2.26. The number of hydrogen-bond donors (Lipinski definition) is 2. The van der Waals surface area contributed by atoms with Crippen molar-refractivity contribution in [2.45, 2.75) is 5.75 Å². The van der Waals surface area contributed by atoms with Crippen molar-refractivity contribution in [2.75, 3.05) is 21.3 Å². The summed E-state index contributed by atoms with van der Waals surface area (Å²) < 4.78 is 27.2. The summed E-state index contributed by atoms with van der Waals surface area (Å²) in [7, 11) is 0.580. The van der Waals surface area contributed by atoms with E-state index < -0.39 is 7.60 Å². The molecule has 0 saturated carbocycles. The molecule has 0 aliphatic heterocycles. The van der Waals surface area contributed by atoms with Crippen molar-refractivity contribution in [1.82, 2.24) is 0 Å². The number of rotatable bonds is 8. The minimum atomic E-state index is -4.20. The summed E-state index contributed by atoms with van der Waals surface area (Å²) in [6.45, 7) is 0. The summed E-state index contributed by atoms with van der Waals surface area (Å²) in [5.41, 5.74) is 1.77. The highest BCUT2D eigenvalue weighted by molar-refractivity contribution is 8.01. The Hall–Kier alpha value is -1.92. The predicted octanol–water partition coefficient (Wildman–Crippen LogP) is 3.42. The van der Waals surface area contributed by atoms with Gasteiger partial charge in [0.1, 0.15) is 17.2 Å². The smallest absolute Gasteiger partial charge is 0.356 e. The van der Waals surface area contributed by atoms with Gasteiger partial charge in [0.25, 0.3) is 0 Å². The molecule has 8 heteroatoms. The summed E-state index contributed by atoms with van der Waals surface area (Å²) in [5, 5.41) is 1.92. The van der Waals surface area contributed by atoms with Gasteiger partial charge in [-0.2, -0.15) is 0 Å². The van der Waals surface area contributed by atoms with Crippen molar-refractivity contribution >= 4 is 30.7 Å². The van der Waals surface area contributed by atoms with Gasteiger partial charge >= 0.3 is 7.60 Å². The van der Waals surface area contributed by atoms with Crippen LogP contribution in [0, 0.1) is 0 Å². The quantitative estimate of drug-likeness (QED) is 0.662. The molecule has 0 aromatic heterocycles. The Labute approximate surface area is 157 Å². The average molecular weight is 396 g/mol. The van der Waals surface area contributed by atoms with Gasteiger partial charge in [-0.25, -0.2) is 0 Å². The van der Waals surface area contributed by atoms with Crippen molar-refractivity contribution < 1.29 is 28.6 Å². The molecule has 0 saturated heterocycles. The Morgan fingerprint density at radius 3 is 2.04 bits per heavy atom. The highest BCUT2D eigenvalue weighted by Gasteiger charge is 2.15. The first-order chi connectivity index (χ1) is 12.4. The molecule has 0 heterocycles. The van der Waals surface area contributed by atoms with Gasteiger partial charge in [0, 0.05) is 23.4 Å². The second-order valence-electron chi connectivity index (χ2n) is 5.26. The van der Waals surface area contributed by atoms with Gasteiger partial charge in [0.2, 0.25) is 0 Å². The molecule has 0 atom stereocenters. The number of thioether (sulfide) groups is 1. The zero-order valence-electron chi connectivity index (χ0n) is 14.7. The van der Waals surface area contributed by atoms with E-state index in [-0.39, 0.29) is 5.30 Å². The van der Waals surface area contributed by atoms with Crippen LogP contribution in [-0.2, 0) is 10.3 Å². The van der Waals surface area contributed by atoms with Crippen molar-refractivity contribution in [3.63, 3.8) is 0 Å². The number of hydrogen-bond acceptors (Lipinski definition) is 5. The van der Waals surface area contributed by atoms with E-state index in [2.05, 4.69) is 0 Å². The molecule has 0 aliphatic rings. The molecule has 0 radical (unpaired) electrons. The van der Waals surface area contributed by atoms with Crippen molar-refractivity contribution in [2.24, 2.45) is 0 Å². The standard InChI is InChI=1S/C18H21O6PS/c1-22-14-10-17(23-2)16(18(11-14)24-3)12-26-9-8-13-4-6-15(7-5-13)25(19,20)21/h4-11H,12H2,1-3H3,(H2,19,20,21)/b9-8-. The van der Waals surface area contributed by atoms with Gasteiger partial charge < -0.3 is 24.0 Å². The van der Waals surface area contributed by atoms with Gasteiger partial charge in [0.05, 0.1) is 26.6 Å². The predicted molar refractivity (Wildman–Crippen MR) is 105 cm³/mol. The van der Waals surface area contributed by atoms with Crippen LogP contribution < -0.4 is 19.5 Å². The minimum Gasteiger partial charge on any atom is -0.496 e. The fourth-order valence-corrected chi connectivity index (χ4v) is 3.60. The van der Waals surface area contributed by atoms with E-state index in [1.54, 1.807) is 45.2 Å². The summed E-state index contributed by atoms with van der Waals surface area (Å²) in [6, 6.07) is 9.81. The molecule has 26 heavy (non-hydrogen) atoms. The lowest BCUT2D eigenvalue weighted by Gasteiger charge is -2.14. The van der Waals surface area contributed by atoms with E-state index in [0.29, 0.717) is 23.0 Å². The van der Waals surface area contributed by atoms with Gasteiger partial charge in [-0.1, -0.05) is 12.1 Å². The normalized spacial score (nSPS) is 11.6. The molecule has 0 fully saturated rings. The van der Waals surface area contributed by atoms with Crippen LogP contribution in [0.5, 0.6) is 17.2 Å². The first kappa shape index (κ1) is 20.4. The minimum absolute atomic E-state index is 0.00927. The van der Waals surface area contributed by atoms with E-state index in [9.17, 15) is 4.57 Å². The van der Waals surface area contributed by atoms with Gasteiger partial charge in [0.15, 0.2) is 0 Å². The third-order valence-electron chi connectivity index (χ3n) is 3.63. The Balaban J connectivity index is 2.07. The zero-order valence-corrected chi connectivity index (χ0v) is 16.4. The SMILES string of the molecule is COc1cc(OC)c(CS/C=C\c2ccc(P(=O)(O)O)cc2)c(OC)c1. The third-order valence-corrected chi connectivity index (χ3v) is 5.39. The van der Waals surface area contributed by atoms with Crippen LogP contribution in [0.2, 0.25) is 0 Å². The van der Waals surface area contributed by atoms with Crippen LogP contribution >= 0.6 is 19.4 Å². The monoisotopic (exact) mass is 396 g/mol. The molecular formula is C18H21O6PS. The lowest BCUT2D eigenvalue weighted by molar-refractivity contribution is 0.371. The van der Waals surface area contributed by atoms with Crippen LogP contribution in [0.4, 0.5) is 0 Å². The number of methoxy groups -OCH3 is 3. The van der Waals surface area contributed by atoms with Crippen molar-refractivity contribution in [1.29, 1.82) is 0 Å². The molecule has 140 valence electrons. The molecule has 0 bridgehead atoms. The first-order valence-corrected chi connectivity index (χ1v) is 10.3. The van der Waals surface area contributed by atoms with Crippen LogP contribution in [0.25, 0.3) is 6.08 Å². The van der Waals surface area contributed by atoms with E-state index in [0.717, 1.165) is 11.1 Å². The Morgan fingerprint density at radius 2 is 1.58 bits per heavy atom. The van der Waals surface area contributed by atoms with Gasteiger partial charge in [-0.3, -0.25) is 4.57 Å². The largest absolute Gasteiger partial charge is 0.496 e. The molecule has 2 aromatic rings. The molecule has 0 unspecified atom stereocenters. The van der Waals surface area contributed by atoms with E-state index in [1.165, 1.54) is 12.1 Å². The molecule has 0 aliphatic carbocycles. The molecule has 2 aromatic carbocycles. The molecule has 0 amide bonds. The lowest BCUT2D eigenvalue weighted by Crippen LogP contribution is -2.02. The highest BCUT2D eigenvalue weighted by Crippen LogP contribution is 2.37. The molecule has 2 rings (SSSR count). The summed E-state index contributed by atoms with van der Waals surface area (Å²) in [6.07, 6.45) is 1.87. The van der Waals surface area contributed by atoms with Crippen LogP contribution in [0.15, 0.2) is 41.8 Å². The van der Waals surface area contributed by atoms with E-state index in [4.69, 9.17) is 24.0 Å². The lowest BCUT2D eigenvalue weighted by atomic mass is 10.2. The summed E-state index contributed by atoms with van der Waals surface area (Å²) in [4.78, 5) is 18.2. The maximum atomic E-state index is 11.2. The van der Waals surface area contributed by atoms with Crippen LogP contribution in [0.1, 0.15) is 11.1 Å². The van der Waals surface area contributed by atoms with E-state index >= 15 is 0 Å². The second kappa shape index (κ2) is 9.14. The average Bonchev–Trinajstić information content (AvgIpc) is 2.64. The maximum Gasteiger partial charge on any atom is 0.356 e. The second-order valence-corrected chi connectivity index (χ2v) is 7.76. The topological polar surface area (TPSA) is 85.2 Å². The highest BCUT2D eigenvalue weighted by atomic mass is 32.2.